The van der Waals surface area contributed by atoms with Crippen LogP contribution in [-0.2, 0) is 14.4 Å². The van der Waals surface area contributed by atoms with E-state index < -0.39 is 42.1 Å². The number of carbonyl (C=O) groups excluding carboxylic acids is 3. The molecule has 10 nitrogen and oxygen atoms in total. The standard InChI is InChI=1S/C15H24N4O6/c1-8(11(20)12(16)21)17-13(22)9-4-2-6-18(9)14(23)10-5-3-7-19(10)15(24)25/h8-11,20H,2-7H2,1H3,(H2,16,21)(H,17,22)(H,24,25)/t8-,9+,10-,11+/m0/s1. The highest BCUT2D eigenvalue weighted by atomic mass is 16.4. The molecule has 2 heterocycles. The van der Waals surface area contributed by atoms with Gasteiger partial charge in [0, 0.05) is 13.1 Å². The van der Waals surface area contributed by atoms with E-state index in [4.69, 9.17) is 5.73 Å². The van der Waals surface area contributed by atoms with E-state index in [1.54, 1.807) is 0 Å². The summed E-state index contributed by atoms with van der Waals surface area (Å²) in [7, 11) is 0. The summed E-state index contributed by atoms with van der Waals surface area (Å²) in [5.41, 5.74) is 5.00. The van der Waals surface area contributed by atoms with Crippen molar-refractivity contribution in [2.24, 2.45) is 5.73 Å². The van der Waals surface area contributed by atoms with Gasteiger partial charge in [-0.15, -0.1) is 0 Å². The zero-order valence-corrected chi connectivity index (χ0v) is 14.1. The Hall–Kier alpha value is -2.36. The maximum atomic E-state index is 12.7. The fourth-order valence-corrected chi connectivity index (χ4v) is 3.39. The number of hydrogen-bond acceptors (Lipinski definition) is 5. The summed E-state index contributed by atoms with van der Waals surface area (Å²) in [5.74, 6) is -1.81. The Morgan fingerprint density at radius 2 is 1.64 bits per heavy atom. The number of nitrogens with two attached hydrogens (primary N) is 1. The van der Waals surface area contributed by atoms with Gasteiger partial charge in [-0.2, -0.15) is 0 Å². The normalized spacial score (nSPS) is 25.5. The number of hydrogen-bond donors (Lipinski definition) is 4. The summed E-state index contributed by atoms with van der Waals surface area (Å²) in [4.78, 5) is 49.9. The first-order valence-electron chi connectivity index (χ1n) is 8.31. The molecule has 2 fully saturated rings. The maximum Gasteiger partial charge on any atom is 0.407 e. The molecule has 0 aromatic rings. The number of carboxylic acid groups (broad SMARTS) is 1. The third kappa shape index (κ3) is 4.01. The molecule has 0 unspecified atom stereocenters. The molecule has 2 rings (SSSR count). The summed E-state index contributed by atoms with van der Waals surface area (Å²) < 4.78 is 0. The van der Waals surface area contributed by atoms with Crippen molar-refractivity contribution in [3.63, 3.8) is 0 Å². The van der Waals surface area contributed by atoms with Crippen LogP contribution in [-0.4, -0.2) is 81.1 Å². The van der Waals surface area contributed by atoms with Crippen LogP contribution in [0.5, 0.6) is 0 Å². The van der Waals surface area contributed by atoms with Crippen molar-refractivity contribution in [2.75, 3.05) is 13.1 Å². The summed E-state index contributed by atoms with van der Waals surface area (Å²) in [5, 5.41) is 21.3. The first-order valence-corrected chi connectivity index (χ1v) is 8.31. The predicted molar refractivity (Wildman–Crippen MR) is 85.3 cm³/mol. The molecule has 0 bridgehead atoms. The van der Waals surface area contributed by atoms with Crippen molar-refractivity contribution < 1.29 is 29.4 Å². The van der Waals surface area contributed by atoms with Gasteiger partial charge in [-0.25, -0.2) is 4.79 Å². The molecule has 2 aliphatic rings. The molecular formula is C15H24N4O6. The minimum absolute atomic E-state index is 0.304. The molecule has 10 heteroatoms. The van der Waals surface area contributed by atoms with E-state index in [2.05, 4.69) is 5.32 Å². The van der Waals surface area contributed by atoms with E-state index in [1.807, 2.05) is 0 Å². The second kappa shape index (κ2) is 7.68. The molecular weight excluding hydrogens is 332 g/mol. The van der Waals surface area contributed by atoms with Crippen LogP contribution in [0.4, 0.5) is 4.79 Å². The van der Waals surface area contributed by atoms with Gasteiger partial charge in [0.05, 0.1) is 6.04 Å². The van der Waals surface area contributed by atoms with Gasteiger partial charge in [0.1, 0.15) is 12.1 Å². The highest BCUT2D eigenvalue weighted by Crippen LogP contribution is 2.25. The van der Waals surface area contributed by atoms with Crippen LogP contribution in [0.2, 0.25) is 0 Å². The lowest BCUT2D eigenvalue weighted by atomic mass is 10.1. The van der Waals surface area contributed by atoms with E-state index in [0.717, 1.165) is 4.90 Å². The first kappa shape index (κ1) is 19.0. The van der Waals surface area contributed by atoms with Crippen molar-refractivity contribution in [1.29, 1.82) is 0 Å². The number of aliphatic hydroxyl groups excluding tert-OH is 1. The van der Waals surface area contributed by atoms with Gasteiger partial charge >= 0.3 is 6.09 Å². The number of nitrogens with one attached hydrogen (secondary N) is 1. The highest BCUT2D eigenvalue weighted by molar-refractivity contribution is 5.92. The van der Waals surface area contributed by atoms with E-state index in [-0.39, 0.29) is 5.91 Å². The van der Waals surface area contributed by atoms with E-state index in [0.29, 0.717) is 38.8 Å². The van der Waals surface area contributed by atoms with Gasteiger partial charge in [-0.1, -0.05) is 0 Å². The van der Waals surface area contributed by atoms with E-state index in [1.165, 1.54) is 11.8 Å². The molecule has 4 amide bonds. The van der Waals surface area contributed by atoms with Gasteiger partial charge in [-0.3, -0.25) is 19.3 Å². The summed E-state index contributed by atoms with van der Waals surface area (Å²) in [6, 6.07) is -2.39. The fourth-order valence-electron chi connectivity index (χ4n) is 3.39. The van der Waals surface area contributed by atoms with Crippen molar-refractivity contribution in [1.82, 2.24) is 15.1 Å². The Labute approximate surface area is 144 Å². The van der Waals surface area contributed by atoms with Crippen LogP contribution in [0, 0.1) is 0 Å². The van der Waals surface area contributed by atoms with Crippen LogP contribution >= 0.6 is 0 Å². The third-order valence-corrected chi connectivity index (χ3v) is 4.76. The summed E-state index contributed by atoms with van der Waals surface area (Å²) in [6.07, 6.45) is -0.559. The molecule has 0 aromatic carbocycles. The number of likely N-dealkylation sites (tertiary alicyclic amines) is 2. The van der Waals surface area contributed by atoms with E-state index >= 15 is 0 Å². The molecule has 140 valence electrons. The Morgan fingerprint density at radius 3 is 2.20 bits per heavy atom. The quantitative estimate of drug-likeness (QED) is 0.469. The number of aliphatic hydroxyl groups is 1. The van der Waals surface area contributed by atoms with E-state index in [9.17, 15) is 29.4 Å². The van der Waals surface area contributed by atoms with Crippen molar-refractivity contribution in [3.8, 4) is 0 Å². The van der Waals surface area contributed by atoms with Crippen LogP contribution in [0.25, 0.3) is 0 Å². The monoisotopic (exact) mass is 356 g/mol. The van der Waals surface area contributed by atoms with Gasteiger partial charge < -0.3 is 26.2 Å². The molecule has 0 spiro atoms. The first-order chi connectivity index (χ1) is 11.7. The fraction of sp³-hybridized carbons (Fsp3) is 0.733. The minimum Gasteiger partial charge on any atom is -0.465 e. The zero-order valence-electron chi connectivity index (χ0n) is 14.1. The van der Waals surface area contributed by atoms with Crippen LogP contribution < -0.4 is 11.1 Å². The summed E-state index contributed by atoms with van der Waals surface area (Å²) in [6.45, 7) is 2.11. The molecule has 4 atom stereocenters. The second-order valence-electron chi connectivity index (χ2n) is 6.47. The average Bonchev–Trinajstić information content (AvgIpc) is 3.22. The number of nitrogens with zero attached hydrogens (tertiary/aromatic N) is 2. The Bertz CT molecular complexity index is 568. The van der Waals surface area contributed by atoms with Crippen LogP contribution in [0.3, 0.4) is 0 Å². The molecule has 0 radical (unpaired) electrons. The number of carbonyl (C=O) groups is 4. The minimum atomic E-state index is -1.52. The van der Waals surface area contributed by atoms with Crippen LogP contribution in [0.15, 0.2) is 0 Å². The molecule has 2 saturated heterocycles. The number of rotatable bonds is 5. The van der Waals surface area contributed by atoms with Gasteiger partial charge in [0.15, 0.2) is 6.10 Å². The number of amides is 4. The van der Waals surface area contributed by atoms with Crippen molar-refractivity contribution in [2.45, 2.75) is 56.8 Å². The molecule has 0 aromatic heterocycles. The maximum absolute atomic E-state index is 12.7. The molecule has 2 aliphatic heterocycles. The second-order valence-corrected chi connectivity index (χ2v) is 6.47. The molecule has 25 heavy (non-hydrogen) atoms. The molecule has 5 N–H and O–H groups in total. The lowest BCUT2D eigenvalue weighted by Crippen LogP contribution is -2.55. The van der Waals surface area contributed by atoms with Crippen LogP contribution in [0.1, 0.15) is 32.6 Å². The Morgan fingerprint density at radius 1 is 1.08 bits per heavy atom. The van der Waals surface area contributed by atoms with Crippen molar-refractivity contribution >= 4 is 23.8 Å². The molecule has 0 aliphatic carbocycles. The lowest BCUT2D eigenvalue weighted by Gasteiger charge is -2.30. The largest absolute Gasteiger partial charge is 0.465 e. The topological polar surface area (TPSA) is 153 Å². The smallest absolute Gasteiger partial charge is 0.407 e. The van der Waals surface area contributed by atoms with Gasteiger partial charge in [-0.05, 0) is 32.6 Å². The van der Waals surface area contributed by atoms with Gasteiger partial charge in [0.2, 0.25) is 17.7 Å². The van der Waals surface area contributed by atoms with Crippen molar-refractivity contribution in [3.05, 3.63) is 0 Å². The zero-order chi connectivity index (χ0) is 18.7. The summed E-state index contributed by atoms with van der Waals surface area (Å²) >= 11 is 0. The third-order valence-electron chi connectivity index (χ3n) is 4.76. The average molecular weight is 356 g/mol. The SMILES string of the molecule is C[C@H](NC(=O)[C@H]1CCCN1C(=O)[C@@H]1CCCN1C(=O)O)[C@@H](O)C(N)=O. The van der Waals surface area contributed by atoms with Gasteiger partial charge in [0.25, 0.3) is 0 Å². The lowest BCUT2D eigenvalue weighted by molar-refractivity contribution is -0.142. The Kier molecular flexibility index (Phi) is 5.83. The Balaban J connectivity index is 2.04. The number of primary amides is 1. The highest BCUT2D eigenvalue weighted by Gasteiger charge is 2.42. The predicted octanol–water partition coefficient (Wildman–Crippen LogP) is -1.53. The molecule has 0 saturated carbocycles.